The van der Waals surface area contributed by atoms with E-state index in [0.29, 0.717) is 16.6 Å². The molecule has 0 aliphatic rings. The van der Waals surface area contributed by atoms with Gasteiger partial charge in [0.2, 0.25) is 0 Å². The Morgan fingerprint density at radius 2 is 1.56 bits per heavy atom. The molecule has 0 amide bonds. The Bertz CT molecular complexity index is 692. The maximum absolute atomic E-state index is 6.77. The number of pyridine rings is 1. The average Bonchev–Trinajstić information content (AvgIpc) is 2.67. The Balaban J connectivity index is 2.20. The van der Waals surface area contributed by atoms with Crippen molar-refractivity contribution in [1.29, 1.82) is 0 Å². The molecule has 1 unspecified atom stereocenters. The van der Waals surface area contributed by atoms with E-state index in [1.54, 1.807) is 12.4 Å². The fourth-order valence-corrected chi connectivity index (χ4v) is 6.70. The van der Waals surface area contributed by atoms with Crippen LogP contribution in [0.3, 0.4) is 0 Å². The molecule has 0 radical (unpaired) electrons. The van der Waals surface area contributed by atoms with Gasteiger partial charge in [0.05, 0.1) is 16.1 Å². The smallest absolute Gasteiger partial charge is 0.192 e. The third-order valence-electron chi connectivity index (χ3n) is 5.32. The van der Waals surface area contributed by atoms with Crippen LogP contribution in [0.4, 0.5) is 0 Å². The SMILES string of the molecule is CC[Si](CC)(CC)OC(CNCc1ccc(C)cc1)c1c(Cl)cncc1Cl. The quantitative estimate of drug-likeness (QED) is 0.438. The maximum Gasteiger partial charge on any atom is 0.192 e. The van der Waals surface area contributed by atoms with Crippen LogP contribution in [0.15, 0.2) is 36.7 Å². The second-order valence-electron chi connectivity index (χ2n) is 6.98. The molecule has 1 N–H and O–H groups in total. The number of hydrogen-bond donors (Lipinski definition) is 1. The van der Waals surface area contributed by atoms with Crippen molar-refractivity contribution in [2.75, 3.05) is 6.54 Å². The van der Waals surface area contributed by atoms with Crippen LogP contribution in [0.1, 0.15) is 43.6 Å². The van der Waals surface area contributed by atoms with Crippen molar-refractivity contribution in [3.8, 4) is 0 Å². The zero-order valence-electron chi connectivity index (χ0n) is 16.7. The van der Waals surface area contributed by atoms with Crippen LogP contribution in [0.5, 0.6) is 0 Å². The van der Waals surface area contributed by atoms with Crippen LogP contribution >= 0.6 is 23.2 Å². The van der Waals surface area contributed by atoms with Crippen LogP contribution in [0, 0.1) is 6.92 Å². The molecule has 0 aliphatic carbocycles. The molecular weight excluding hydrogens is 395 g/mol. The molecule has 2 aromatic rings. The van der Waals surface area contributed by atoms with E-state index in [1.165, 1.54) is 11.1 Å². The summed E-state index contributed by atoms with van der Waals surface area (Å²) in [6.45, 7) is 10.2. The molecule has 27 heavy (non-hydrogen) atoms. The molecule has 1 atom stereocenters. The predicted octanol–water partition coefficient (Wildman–Crippen LogP) is 6.55. The second-order valence-corrected chi connectivity index (χ2v) is 12.5. The molecular formula is C21H30Cl2N2OSi. The highest BCUT2D eigenvalue weighted by molar-refractivity contribution is 6.73. The summed E-state index contributed by atoms with van der Waals surface area (Å²) in [5, 5.41) is 4.66. The van der Waals surface area contributed by atoms with E-state index in [2.05, 4.69) is 62.3 Å². The second kappa shape index (κ2) is 10.6. The summed E-state index contributed by atoms with van der Waals surface area (Å²) in [4.78, 5) is 4.09. The first-order chi connectivity index (χ1) is 12.9. The van der Waals surface area contributed by atoms with Crippen molar-refractivity contribution in [3.05, 3.63) is 63.4 Å². The molecule has 0 bridgehead atoms. The number of nitrogens with one attached hydrogen (secondary N) is 1. The third-order valence-corrected chi connectivity index (χ3v) is 10.6. The van der Waals surface area contributed by atoms with E-state index in [0.717, 1.165) is 30.2 Å². The van der Waals surface area contributed by atoms with Gasteiger partial charge in [-0.05, 0) is 30.6 Å². The van der Waals surface area contributed by atoms with Gasteiger partial charge in [0.15, 0.2) is 8.32 Å². The normalized spacial score (nSPS) is 13.0. The average molecular weight is 425 g/mol. The summed E-state index contributed by atoms with van der Waals surface area (Å²) >= 11 is 12.9. The van der Waals surface area contributed by atoms with E-state index >= 15 is 0 Å². The summed E-state index contributed by atoms with van der Waals surface area (Å²) < 4.78 is 6.77. The lowest BCUT2D eigenvalue weighted by Gasteiger charge is -2.34. The highest BCUT2D eigenvalue weighted by Crippen LogP contribution is 2.36. The molecule has 1 aromatic heterocycles. The first-order valence-corrected chi connectivity index (χ1v) is 13.0. The molecule has 1 aromatic carbocycles. The van der Waals surface area contributed by atoms with E-state index in [1.807, 2.05) is 0 Å². The van der Waals surface area contributed by atoms with Gasteiger partial charge in [-0.1, -0.05) is 73.8 Å². The summed E-state index contributed by atoms with van der Waals surface area (Å²) in [5.41, 5.74) is 3.35. The minimum absolute atomic E-state index is 0.176. The fourth-order valence-electron chi connectivity index (χ4n) is 3.29. The molecule has 0 saturated carbocycles. The van der Waals surface area contributed by atoms with Gasteiger partial charge in [0, 0.05) is 31.0 Å². The molecule has 0 saturated heterocycles. The van der Waals surface area contributed by atoms with E-state index in [9.17, 15) is 0 Å². The third kappa shape index (κ3) is 6.03. The molecule has 3 nitrogen and oxygen atoms in total. The Kier molecular flexibility index (Phi) is 8.77. The van der Waals surface area contributed by atoms with Gasteiger partial charge < -0.3 is 9.74 Å². The van der Waals surface area contributed by atoms with Crippen LogP contribution in [0.2, 0.25) is 28.2 Å². The molecule has 0 fully saturated rings. The largest absolute Gasteiger partial charge is 0.409 e. The summed E-state index contributed by atoms with van der Waals surface area (Å²) in [5.74, 6) is 0. The fraction of sp³-hybridized carbons (Fsp3) is 0.476. The molecule has 1 heterocycles. The van der Waals surface area contributed by atoms with E-state index in [-0.39, 0.29) is 6.10 Å². The summed E-state index contributed by atoms with van der Waals surface area (Å²) in [7, 11) is -1.82. The highest BCUT2D eigenvalue weighted by Gasteiger charge is 2.34. The number of aromatic nitrogens is 1. The van der Waals surface area contributed by atoms with Gasteiger partial charge in [-0.2, -0.15) is 0 Å². The van der Waals surface area contributed by atoms with Gasteiger partial charge >= 0.3 is 0 Å². The minimum atomic E-state index is -1.82. The van der Waals surface area contributed by atoms with Crippen LogP contribution in [0.25, 0.3) is 0 Å². The first-order valence-electron chi connectivity index (χ1n) is 9.67. The molecule has 2 rings (SSSR count). The standard InChI is InChI=1S/C21H30Cl2N2OSi/c1-5-27(6-2,7-3)26-20(21-18(22)13-25-14-19(21)23)15-24-12-17-10-8-16(4)9-11-17/h8-11,13-14,20,24H,5-7,12,15H2,1-4H3. The molecule has 148 valence electrons. The topological polar surface area (TPSA) is 34.1 Å². The van der Waals surface area contributed by atoms with Gasteiger partial charge in [-0.15, -0.1) is 0 Å². The van der Waals surface area contributed by atoms with Crippen molar-refractivity contribution in [1.82, 2.24) is 10.3 Å². The lowest BCUT2D eigenvalue weighted by atomic mass is 10.1. The monoisotopic (exact) mass is 424 g/mol. The Morgan fingerprint density at radius 1 is 1.00 bits per heavy atom. The number of aryl methyl sites for hydroxylation is 1. The Hall–Kier alpha value is -0.913. The Labute approximate surface area is 174 Å². The highest BCUT2D eigenvalue weighted by atomic mass is 35.5. The van der Waals surface area contributed by atoms with E-state index < -0.39 is 8.32 Å². The van der Waals surface area contributed by atoms with Gasteiger partial charge in [0.25, 0.3) is 0 Å². The maximum atomic E-state index is 6.77. The lowest BCUT2D eigenvalue weighted by molar-refractivity contribution is 0.186. The van der Waals surface area contributed by atoms with Crippen molar-refractivity contribution in [2.45, 2.75) is 58.5 Å². The van der Waals surface area contributed by atoms with Gasteiger partial charge in [-0.3, -0.25) is 4.98 Å². The van der Waals surface area contributed by atoms with Gasteiger partial charge in [-0.25, -0.2) is 0 Å². The van der Waals surface area contributed by atoms with Gasteiger partial charge in [0.1, 0.15) is 0 Å². The first kappa shape index (κ1) is 22.4. The number of nitrogens with zero attached hydrogens (tertiary/aromatic N) is 1. The van der Waals surface area contributed by atoms with Crippen molar-refractivity contribution < 1.29 is 4.43 Å². The van der Waals surface area contributed by atoms with Crippen molar-refractivity contribution in [3.63, 3.8) is 0 Å². The van der Waals surface area contributed by atoms with Crippen LogP contribution in [-0.4, -0.2) is 19.8 Å². The summed E-state index contributed by atoms with van der Waals surface area (Å²) in [6.07, 6.45) is 3.11. The molecule has 6 heteroatoms. The molecule has 0 spiro atoms. The zero-order chi connectivity index (χ0) is 19.9. The number of halogens is 2. The van der Waals surface area contributed by atoms with E-state index in [4.69, 9.17) is 27.6 Å². The number of benzene rings is 1. The van der Waals surface area contributed by atoms with Crippen molar-refractivity contribution in [2.24, 2.45) is 0 Å². The lowest BCUT2D eigenvalue weighted by Crippen LogP contribution is -2.40. The number of hydrogen-bond acceptors (Lipinski definition) is 3. The Morgan fingerprint density at radius 3 is 2.07 bits per heavy atom. The van der Waals surface area contributed by atoms with Crippen molar-refractivity contribution >= 4 is 31.5 Å². The van der Waals surface area contributed by atoms with Crippen LogP contribution < -0.4 is 5.32 Å². The zero-order valence-corrected chi connectivity index (χ0v) is 19.2. The predicted molar refractivity (Wildman–Crippen MR) is 118 cm³/mol. The number of rotatable bonds is 10. The summed E-state index contributed by atoms with van der Waals surface area (Å²) in [6, 6.07) is 11.8. The molecule has 0 aliphatic heterocycles. The van der Waals surface area contributed by atoms with Crippen LogP contribution in [-0.2, 0) is 11.0 Å². The minimum Gasteiger partial charge on any atom is -0.409 e.